The molecule has 1 aliphatic carbocycles. The lowest BCUT2D eigenvalue weighted by Gasteiger charge is -2.29. The fourth-order valence-electron chi connectivity index (χ4n) is 3.93. The van der Waals surface area contributed by atoms with Crippen LogP contribution in [-0.2, 0) is 16.1 Å². The van der Waals surface area contributed by atoms with E-state index in [9.17, 15) is 19.5 Å². The molecule has 6 N–H and O–H groups in total. The van der Waals surface area contributed by atoms with Crippen LogP contribution in [0, 0.1) is 5.92 Å². The third-order valence-corrected chi connectivity index (χ3v) is 5.67. The second-order valence-corrected chi connectivity index (χ2v) is 7.95. The van der Waals surface area contributed by atoms with Crippen LogP contribution in [0.5, 0.6) is 0 Å². The first kappa shape index (κ1) is 22.3. The van der Waals surface area contributed by atoms with E-state index >= 15 is 0 Å². The van der Waals surface area contributed by atoms with Crippen LogP contribution in [0.2, 0.25) is 0 Å². The van der Waals surface area contributed by atoms with Crippen LogP contribution >= 0.6 is 0 Å². The van der Waals surface area contributed by atoms with Crippen LogP contribution in [0.4, 0.5) is 5.95 Å². The van der Waals surface area contributed by atoms with Gasteiger partial charge in [0.2, 0.25) is 11.9 Å². The van der Waals surface area contributed by atoms with E-state index in [0.717, 1.165) is 12.8 Å². The predicted molar refractivity (Wildman–Crippen MR) is 118 cm³/mol. The number of nitrogen functional groups attached to an aromatic ring is 1. The Morgan fingerprint density at radius 2 is 1.97 bits per heavy atom. The van der Waals surface area contributed by atoms with Gasteiger partial charge in [0.25, 0.3) is 5.56 Å². The number of fused-ring (bicyclic) bond motifs is 1. The zero-order valence-corrected chi connectivity index (χ0v) is 17.7. The highest BCUT2D eigenvalue weighted by atomic mass is 16.4. The van der Waals surface area contributed by atoms with Gasteiger partial charge in [0, 0.05) is 24.7 Å². The Bertz CT molecular complexity index is 1210. The Labute approximate surface area is 188 Å². The maximum Gasteiger partial charge on any atom is 0.332 e. The van der Waals surface area contributed by atoms with Crippen molar-refractivity contribution in [2.75, 3.05) is 5.73 Å². The van der Waals surface area contributed by atoms with E-state index in [1.165, 1.54) is 6.20 Å². The van der Waals surface area contributed by atoms with Crippen LogP contribution in [-0.4, -0.2) is 47.9 Å². The Morgan fingerprint density at radius 3 is 2.67 bits per heavy atom. The van der Waals surface area contributed by atoms with Crippen LogP contribution in [0.3, 0.4) is 0 Å². The van der Waals surface area contributed by atoms with Crippen molar-refractivity contribution in [2.24, 2.45) is 5.92 Å². The molecule has 4 rings (SSSR count). The number of aromatic amines is 1. The summed E-state index contributed by atoms with van der Waals surface area (Å²) in [4.78, 5) is 55.1. The zero-order chi connectivity index (χ0) is 23.4. The van der Waals surface area contributed by atoms with Crippen molar-refractivity contribution in [3.63, 3.8) is 0 Å². The van der Waals surface area contributed by atoms with E-state index in [1.54, 1.807) is 24.4 Å². The number of nitrogens with one attached hydrogen (secondary N) is 3. The first-order chi connectivity index (χ1) is 15.9. The number of H-pyrrole nitrogens is 1. The fourth-order valence-corrected chi connectivity index (χ4v) is 3.93. The highest BCUT2D eigenvalue weighted by molar-refractivity contribution is 5.85. The van der Waals surface area contributed by atoms with Gasteiger partial charge in [-0.05, 0) is 37.8 Å². The van der Waals surface area contributed by atoms with E-state index in [2.05, 4.69) is 35.6 Å². The third-order valence-electron chi connectivity index (χ3n) is 5.67. The standard InChI is InChI=1S/C21H24N8O4/c22-21-28-17-16(19(31)29-21)26-13(10-25-17)9-24-12-6-4-11(5-7-12)18(30)27-15(20(32)33)14-3-1-2-8-23-14/h1-3,8,10-12,15,24H,4-7,9H2,(H,27,30)(H,32,33)(H3,22,25,28,29,31). The monoisotopic (exact) mass is 452 g/mol. The number of nitrogens with zero attached hydrogens (tertiary/aromatic N) is 4. The van der Waals surface area contributed by atoms with Crippen molar-refractivity contribution < 1.29 is 14.7 Å². The SMILES string of the molecule is Nc1nc2ncc(CNC3CCC(C(=O)NC(C(=O)O)c4ccccn4)CC3)nc2c(=O)[nH]1. The van der Waals surface area contributed by atoms with Crippen LogP contribution in [0.25, 0.3) is 11.2 Å². The molecule has 1 saturated carbocycles. The third kappa shape index (κ3) is 5.29. The number of carbonyl (C=O) groups is 2. The molecule has 0 radical (unpaired) electrons. The summed E-state index contributed by atoms with van der Waals surface area (Å²) >= 11 is 0. The summed E-state index contributed by atoms with van der Waals surface area (Å²) in [6, 6.07) is 3.94. The van der Waals surface area contributed by atoms with Gasteiger partial charge in [-0.2, -0.15) is 4.98 Å². The molecule has 1 aliphatic rings. The minimum absolute atomic E-state index is 0.0109. The first-order valence-corrected chi connectivity index (χ1v) is 10.6. The Hall–Kier alpha value is -3.93. The second-order valence-electron chi connectivity index (χ2n) is 7.95. The van der Waals surface area contributed by atoms with Crippen LogP contribution < -0.4 is 21.9 Å². The molecule has 0 saturated heterocycles. The number of hydrogen-bond acceptors (Lipinski definition) is 9. The van der Waals surface area contributed by atoms with E-state index in [0.29, 0.717) is 30.8 Å². The maximum atomic E-state index is 12.7. The van der Waals surface area contributed by atoms with Gasteiger partial charge in [0.1, 0.15) is 0 Å². The molecule has 1 unspecified atom stereocenters. The number of amides is 1. The van der Waals surface area contributed by atoms with Gasteiger partial charge < -0.3 is 21.5 Å². The quantitative estimate of drug-likeness (QED) is 0.333. The minimum Gasteiger partial charge on any atom is -0.479 e. The number of carboxylic acid groups (broad SMARTS) is 1. The van der Waals surface area contributed by atoms with Crippen molar-refractivity contribution in [3.8, 4) is 0 Å². The molecule has 0 aromatic carbocycles. The molecule has 3 aromatic heterocycles. The summed E-state index contributed by atoms with van der Waals surface area (Å²) in [5.41, 5.74) is 6.28. The summed E-state index contributed by atoms with van der Waals surface area (Å²) in [5, 5.41) is 15.5. The second kappa shape index (κ2) is 9.69. The summed E-state index contributed by atoms with van der Waals surface area (Å²) in [6.07, 6.45) is 5.80. The summed E-state index contributed by atoms with van der Waals surface area (Å²) < 4.78 is 0. The van der Waals surface area contributed by atoms with Crippen molar-refractivity contribution in [1.82, 2.24) is 35.6 Å². The molecule has 3 aromatic rings. The Kier molecular flexibility index (Phi) is 6.54. The maximum absolute atomic E-state index is 12.7. The lowest BCUT2D eigenvalue weighted by Crippen LogP contribution is -2.41. The Balaban J connectivity index is 1.30. The molecule has 33 heavy (non-hydrogen) atoms. The topological polar surface area (TPSA) is 189 Å². The van der Waals surface area contributed by atoms with Crippen molar-refractivity contribution in [2.45, 2.75) is 44.3 Å². The summed E-state index contributed by atoms with van der Waals surface area (Å²) in [6.45, 7) is 0.412. The molecular weight excluding hydrogens is 428 g/mol. The van der Waals surface area contributed by atoms with Crippen molar-refractivity contribution in [1.29, 1.82) is 0 Å². The van der Waals surface area contributed by atoms with E-state index < -0.39 is 17.6 Å². The molecule has 0 spiro atoms. The minimum atomic E-state index is -1.17. The summed E-state index contributed by atoms with van der Waals surface area (Å²) in [7, 11) is 0. The molecule has 172 valence electrons. The fraction of sp³-hybridized carbons (Fsp3) is 0.381. The van der Waals surface area contributed by atoms with Gasteiger partial charge >= 0.3 is 5.97 Å². The van der Waals surface area contributed by atoms with E-state index in [4.69, 9.17) is 5.73 Å². The summed E-state index contributed by atoms with van der Waals surface area (Å²) in [5.74, 6) is -1.70. The lowest BCUT2D eigenvalue weighted by molar-refractivity contribution is -0.143. The largest absolute Gasteiger partial charge is 0.479 e. The van der Waals surface area contributed by atoms with E-state index in [-0.39, 0.29) is 35.0 Å². The smallest absolute Gasteiger partial charge is 0.332 e. The average Bonchev–Trinajstić information content (AvgIpc) is 2.82. The van der Waals surface area contributed by atoms with Gasteiger partial charge in [-0.3, -0.25) is 19.6 Å². The van der Waals surface area contributed by atoms with Crippen molar-refractivity contribution >= 4 is 29.0 Å². The number of rotatable bonds is 7. The number of carboxylic acids is 1. The van der Waals surface area contributed by atoms with Gasteiger partial charge in [0.15, 0.2) is 17.2 Å². The molecule has 0 aliphatic heterocycles. The zero-order valence-electron chi connectivity index (χ0n) is 17.7. The highest BCUT2D eigenvalue weighted by Crippen LogP contribution is 2.25. The Morgan fingerprint density at radius 1 is 1.18 bits per heavy atom. The molecule has 1 amide bonds. The van der Waals surface area contributed by atoms with Gasteiger partial charge in [-0.1, -0.05) is 6.07 Å². The van der Waals surface area contributed by atoms with E-state index in [1.807, 2.05) is 0 Å². The van der Waals surface area contributed by atoms with Crippen LogP contribution in [0.15, 0.2) is 35.4 Å². The average molecular weight is 452 g/mol. The van der Waals surface area contributed by atoms with Gasteiger partial charge in [-0.25, -0.2) is 14.8 Å². The van der Waals surface area contributed by atoms with Gasteiger partial charge in [0.05, 0.1) is 17.6 Å². The lowest BCUT2D eigenvalue weighted by atomic mass is 9.85. The number of hydrogen-bond donors (Lipinski definition) is 5. The number of nitrogens with two attached hydrogens (primary N) is 1. The first-order valence-electron chi connectivity index (χ1n) is 10.6. The normalized spacial score (nSPS) is 19.2. The number of aliphatic carboxylic acids is 1. The molecule has 3 heterocycles. The molecule has 12 nitrogen and oxygen atoms in total. The van der Waals surface area contributed by atoms with Gasteiger partial charge in [-0.15, -0.1) is 0 Å². The molecular formula is C21H24N8O4. The number of carbonyl (C=O) groups excluding carboxylic acids is 1. The molecule has 12 heteroatoms. The molecule has 1 fully saturated rings. The molecule has 1 atom stereocenters. The number of aromatic nitrogens is 5. The highest BCUT2D eigenvalue weighted by Gasteiger charge is 2.30. The van der Waals surface area contributed by atoms with Crippen LogP contribution in [0.1, 0.15) is 43.1 Å². The number of anilines is 1. The van der Waals surface area contributed by atoms with Crippen molar-refractivity contribution in [3.05, 3.63) is 52.3 Å². The predicted octanol–water partition coefficient (Wildman–Crippen LogP) is 0.281. The number of pyridine rings is 1. The molecule has 0 bridgehead atoms.